The standard InChI is InChI=1S/C13H28/c1-5-9-10-11-12-13(6-2,7-3)8-4/h5-12H2,1-4H3. The normalized spacial score (nSPS) is 12.0. The second-order valence-electron chi connectivity index (χ2n) is 4.37. The molecule has 0 fully saturated rings. The van der Waals surface area contributed by atoms with Gasteiger partial charge >= 0.3 is 0 Å². The van der Waals surface area contributed by atoms with Crippen molar-refractivity contribution in [2.24, 2.45) is 5.41 Å². The van der Waals surface area contributed by atoms with Crippen molar-refractivity contribution in [2.45, 2.75) is 79.1 Å². The van der Waals surface area contributed by atoms with Crippen LogP contribution in [0.3, 0.4) is 0 Å². The Morgan fingerprint density at radius 3 is 1.62 bits per heavy atom. The molecule has 0 aliphatic heterocycles. The molecule has 0 saturated carbocycles. The van der Waals surface area contributed by atoms with Gasteiger partial charge in [0.15, 0.2) is 0 Å². The van der Waals surface area contributed by atoms with Crippen LogP contribution in [0.25, 0.3) is 0 Å². The molecule has 0 spiro atoms. The van der Waals surface area contributed by atoms with E-state index in [1.54, 1.807) is 0 Å². The lowest BCUT2D eigenvalue weighted by Crippen LogP contribution is -2.17. The van der Waals surface area contributed by atoms with Crippen LogP contribution in [0.5, 0.6) is 0 Å². The van der Waals surface area contributed by atoms with Crippen LogP contribution in [-0.2, 0) is 0 Å². The van der Waals surface area contributed by atoms with Crippen LogP contribution >= 0.6 is 0 Å². The van der Waals surface area contributed by atoms with Crippen molar-refractivity contribution < 1.29 is 0 Å². The highest BCUT2D eigenvalue weighted by Gasteiger charge is 2.22. The first-order valence-corrected chi connectivity index (χ1v) is 6.24. The minimum Gasteiger partial charge on any atom is -0.0654 e. The van der Waals surface area contributed by atoms with Gasteiger partial charge in [-0.2, -0.15) is 0 Å². The van der Waals surface area contributed by atoms with Gasteiger partial charge in [-0.3, -0.25) is 0 Å². The topological polar surface area (TPSA) is 0 Å². The maximum absolute atomic E-state index is 2.35. The van der Waals surface area contributed by atoms with E-state index < -0.39 is 0 Å². The number of rotatable bonds is 8. The van der Waals surface area contributed by atoms with Gasteiger partial charge in [0.05, 0.1) is 0 Å². The summed E-state index contributed by atoms with van der Waals surface area (Å²) in [7, 11) is 0. The van der Waals surface area contributed by atoms with Crippen molar-refractivity contribution in [3.8, 4) is 0 Å². The van der Waals surface area contributed by atoms with Crippen LogP contribution in [0.2, 0.25) is 0 Å². The Bertz CT molecular complexity index is 92.3. The molecule has 80 valence electrons. The Hall–Kier alpha value is 0. The Labute approximate surface area is 85.1 Å². The van der Waals surface area contributed by atoms with E-state index in [9.17, 15) is 0 Å². The van der Waals surface area contributed by atoms with Crippen LogP contribution in [-0.4, -0.2) is 0 Å². The Morgan fingerprint density at radius 2 is 1.23 bits per heavy atom. The van der Waals surface area contributed by atoms with E-state index in [0.717, 1.165) is 0 Å². The fraction of sp³-hybridized carbons (Fsp3) is 1.00. The number of hydrogen-bond donors (Lipinski definition) is 0. The largest absolute Gasteiger partial charge is 0.0654 e. The van der Waals surface area contributed by atoms with E-state index in [4.69, 9.17) is 0 Å². The van der Waals surface area contributed by atoms with Crippen molar-refractivity contribution >= 4 is 0 Å². The fourth-order valence-corrected chi connectivity index (χ4v) is 2.21. The molecule has 0 N–H and O–H groups in total. The monoisotopic (exact) mass is 184 g/mol. The molecule has 0 aliphatic rings. The Kier molecular flexibility index (Phi) is 7.41. The molecule has 0 heterocycles. The first kappa shape index (κ1) is 13.0. The van der Waals surface area contributed by atoms with Crippen LogP contribution < -0.4 is 0 Å². The van der Waals surface area contributed by atoms with E-state index in [0.29, 0.717) is 5.41 Å². The summed E-state index contributed by atoms with van der Waals surface area (Å²) in [5.74, 6) is 0. The molecule has 0 radical (unpaired) electrons. The van der Waals surface area contributed by atoms with Crippen molar-refractivity contribution in [3.05, 3.63) is 0 Å². The smallest absolute Gasteiger partial charge is 0.0305 e. The van der Waals surface area contributed by atoms with E-state index in [1.807, 2.05) is 0 Å². The van der Waals surface area contributed by atoms with Gasteiger partial charge in [0, 0.05) is 0 Å². The average Bonchev–Trinajstić information content (AvgIpc) is 2.20. The summed E-state index contributed by atoms with van der Waals surface area (Å²) in [5, 5.41) is 0. The van der Waals surface area contributed by atoms with Gasteiger partial charge in [-0.1, -0.05) is 72.6 Å². The average molecular weight is 184 g/mol. The van der Waals surface area contributed by atoms with Gasteiger partial charge in [-0.05, 0) is 11.8 Å². The lowest BCUT2D eigenvalue weighted by Gasteiger charge is -2.30. The molecular weight excluding hydrogens is 156 g/mol. The van der Waals surface area contributed by atoms with Crippen molar-refractivity contribution in [3.63, 3.8) is 0 Å². The quantitative estimate of drug-likeness (QED) is 0.456. The fourth-order valence-electron chi connectivity index (χ4n) is 2.21. The highest BCUT2D eigenvalue weighted by molar-refractivity contribution is 4.74. The highest BCUT2D eigenvalue weighted by atomic mass is 14.3. The molecule has 0 aromatic heterocycles. The van der Waals surface area contributed by atoms with Crippen molar-refractivity contribution in [1.82, 2.24) is 0 Å². The second kappa shape index (κ2) is 7.41. The third-order valence-electron chi connectivity index (χ3n) is 3.81. The lowest BCUT2D eigenvalue weighted by atomic mass is 9.75. The van der Waals surface area contributed by atoms with Gasteiger partial charge in [-0.25, -0.2) is 0 Å². The molecule has 0 aromatic carbocycles. The summed E-state index contributed by atoms with van der Waals surface area (Å²) in [4.78, 5) is 0. The first-order chi connectivity index (χ1) is 6.24. The van der Waals surface area contributed by atoms with Crippen LogP contribution in [0.1, 0.15) is 79.1 Å². The predicted octanol–water partition coefficient (Wildman–Crippen LogP) is 5.17. The van der Waals surface area contributed by atoms with Gasteiger partial charge < -0.3 is 0 Å². The first-order valence-electron chi connectivity index (χ1n) is 6.24. The van der Waals surface area contributed by atoms with Gasteiger partial charge in [0.1, 0.15) is 0 Å². The summed E-state index contributed by atoms with van der Waals surface area (Å²) < 4.78 is 0. The SMILES string of the molecule is CCCCCCC(CC)(CC)CC. The summed E-state index contributed by atoms with van der Waals surface area (Å²) in [6.07, 6.45) is 11.2. The summed E-state index contributed by atoms with van der Waals surface area (Å²) in [6.45, 7) is 9.35. The molecule has 13 heavy (non-hydrogen) atoms. The van der Waals surface area contributed by atoms with E-state index in [1.165, 1.54) is 51.4 Å². The number of unbranched alkanes of at least 4 members (excludes halogenated alkanes) is 3. The molecule has 0 aromatic rings. The lowest BCUT2D eigenvalue weighted by molar-refractivity contribution is 0.220. The zero-order chi connectivity index (χ0) is 10.2. The summed E-state index contributed by atoms with van der Waals surface area (Å²) in [5.41, 5.74) is 0.674. The van der Waals surface area contributed by atoms with Gasteiger partial charge in [0.25, 0.3) is 0 Å². The highest BCUT2D eigenvalue weighted by Crippen LogP contribution is 2.36. The molecule has 0 rings (SSSR count). The molecule has 0 bridgehead atoms. The molecule has 0 amide bonds. The third kappa shape index (κ3) is 4.69. The Morgan fingerprint density at radius 1 is 0.692 bits per heavy atom. The molecular formula is C13H28. The van der Waals surface area contributed by atoms with Crippen LogP contribution in [0.4, 0.5) is 0 Å². The summed E-state index contributed by atoms with van der Waals surface area (Å²) >= 11 is 0. The zero-order valence-electron chi connectivity index (χ0n) is 10.2. The molecule has 0 nitrogen and oxygen atoms in total. The van der Waals surface area contributed by atoms with Crippen molar-refractivity contribution in [1.29, 1.82) is 0 Å². The van der Waals surface area contributed by atoms with E-state index in [2.05, 4.69) is 27.7 Å². The van der Waals surface area contributed by atoms with E-state index >= 15 is 0 Å². The minimum absolute atomic E-state index is 0.674. The van der Waals surface area contributed by atoms with Crippen LogP contribution in [0, 0.1) is 5.41 Å². The molecule has 0 atom stereocenters. The minimum atomic E-state index is 0.674. The maximum atomic E-state index is 2.35. The molecule has 0 heteroatoms. The predicted molar refractivity (Wildman–Crippen MR) is 62.1 cm³/mol. The zero-order valence-corrected chi connectivity index (χ0v) is 10.2. The molecule has 0 saturated heterocycles. The van der Waals surface area contributed by atoms with Gasteiger partial charge in [-0.15, -0.1) is 0 Å². The van der Waals surface area contributed by atoms with Crippen LogP contribution in [0.15, 0.2) is 0 Å². The molecule has 0 aliphatic carbocycles. The number of hydrogen-bond acceptors (Lipinski definition) is 0. The second-order valence-corrected chi connectivity index (χ2v) is 4.37. The maximum Gasteiger partial charge on any atom is -0.0305 e. The third-order valence-corrected chi connectivity index (χ3v) is 3.81. The van der Waals surface area contributed by atoms with Gasteiger partial charge in [0.2, 0.25) is 0 Å². The molecule has 0 unspecified atom stereocenters. The van der Waals surface area contributed by atoms with Crippen molar-refractivity contribution in [2.75, 3.05) is 0 Å². The van der Waals surface area contributed by atoms with E-state index in [-0.39, 0.29) is 0 Å². The summed E-state index contributed by atoms with van der Waals surface area (Å²) in [6, 6.07) is 0. The Balaban J connectivity index is 3.68.